The minimum absolute atomic E-state index is 0.296. The van der Waals surface area contributed by atoms with Crippen LogP contribution in [0, 0.1) is 0 Å². The highest BCUT2D eigenvalue weighted by molar-refractivity contribution is 6.35. The van der Waals surface area contributed by atoms with Crippen LogP contribution >= 0.6 is 0 Å². The molecule has 2 rings (SSSR count). The standard InChI is InChI=1S/C19H19N3O5/c23-17(24)13-27-16-9-5-4-8-15(16)12-21-22-19(26)18(25)20-11-10-14-6-2-1-3-7-14/h1-9,12H,10-11,13H2,(H,20,25)(H,22,26)(H,23,24)/b21-12-. The summed E-state index contributed by atoms with van der Waals surface area (Å²) in [6, 6.07) is 16.1. The van der Waals surface area contributed by atoms with Crippen LogP contribution < -0.4 is 15.5 Å². The fraction of sp³-hybridized carbons (Fsp3) is 0.158. The van der Waals surface area contributed by atoms with Gasteiger partial charge in [0.15, 0.2) is 6.61 Å². The molecule has 2 aromatic carbocycles. The number of carbonyl (C=O) groups excluding carboxylic acids is 2. The largest absolute Gasteiger partial charge is 0.481 e. The van der Waals surface area contributed by atoms with Crippen molar-refractivity contribution in [2.45, 2.75) is 6.42 Å². The Morgan fingerprint density at radius 2 is 1.70 bits per heavy atom. The number of carboxylic acid groups (broad SMARTS) is 1. The zero-order valence-electron chi connectivity index (χ0n) is 14.4. The molecule has 0 aliphatic heterocycles. The molecule has 0 aliphatic rings. The highest BCUT2D eigenvalue weighted by Crippen LogP contribution is 2.15. The maximum Gasteiger partial charge on any atom is 0.341 e. The van der Waals surface area contributed by atoms with Gasteiger partial charge in [-0.1, -0.05) is 42.5 Å². The van der Waals surface area contributed by atoms with Gasteiger partial charge in [-0.15, -0.1) is 0 Å². The number of aliphatic carboxylic acids is 1. The predicted octanol–water partition coefficient (Wildman–Crippen LogP) is 0.959. The molecule has 0 saturated carbocycles. The van der Waals surface area contributed by atoms with Gasteiger partial charge in [0, 0.05) is 12.1 Å². The van der Waals surface area contributed by atoms with Gasteiger partial charge in [0.05, 0.1) is 6.21 Å². The van der Waals surface area contributed by atoms with Gasteiger partial charge in [0.2, 0.25) is 0 Å². The number of hydrogen-bond acceptors (Lipinski definition) is 5. The van der Waals surface area contributed by atoms with Gasteiger partial charge in [-0.05, 0) is 24.1 Å². The Hall–Kier alpha value is -3.68. The molecule has 2 amide bonds. The molecule has 8 nitrogen and oxygen atoms in total. The van der Waals surface area contributed by atoms with Crippen molar-refractivity contribution in [2.75, 3.05) is 13.2 Å². The third-order valence-corrected chi connectivity index (χ3v) is 3.39. The second kappa shape index (κ2) is 10.3. The zero-order chi connectivity index (χ0) is 19.5. The van der Waals surface area contributed by atoms with Crippen LogP contribution in [-0.2, 0) is 20.8 Å². The molecule has 3 N–H and O–H groups in total. The highest BCUT2D eigenvalue weighted by Gasteiger charge is 2.11. The lowest BCUT2D eigenvalue weighted by Crippen LogP contribution is -2.38. The van der Waals surface area contributed by atoms with Crippen LogP contribution in [0.5, 0.6) is 5.75 Å². The van der Waals surface area contributed by atoms with Crippen molar-refractivity contribution in [3.8, 4) is 5.75 Å². The van der Waals surface area contributed by atoms with Crippen LogP contribution in [0.2, 0.25) is 0 Å². The molecule has 0 fully saturated rings. The summed E-state index contributed by atoms with van der Waals surface area (Å²) in [4.78, 5) is 34.0. The van der Waals surface area contributed by atoms with Crippen molar-refractivity contribution in [1.29, 1.82) is 0 Å². The quantitative estimate of drug-likeness (QED) is 0.364. The van der Waals surface area contributed by atoms with Crippen molar-refractivity contribution < 1.29 is 24.2 Å². The number of rotatable bonds is 8. The Balaban J connectivity index is 1.80. The molecule has 0 bridgehead atoms. The molecule has 0 aromatic heterocycles. The summed E-state index contributed by atoms with van der Waals surface area (Å²) in [6.45, 7) is -0.174. The van der Waals surface area contributed by atoms with E-state index >= 15 is 0 Å². The van der Waals surface area contributed by atoms with Crippen LogP contribution in [0.4, 0.5) is 0 Å². The summed E-state index contributed by atoms with van der Waals surface area (Å²) in [6.07, 6.45) is 1.88. The molecule has 27 heavy (non-hydrogen) atoms. The minimum Gasteiger partial charge on any atom is -0.481 e. The van der Waals surface area contributed by atoms with Crippen LogP contribution in [0.15, 0.2) is 59.7 Å². The second-order valence-electron chi connectivity index (χ2n) is 5.41. The monoisotopic (exact) mass is 369 g/mol. The number of hydrazone groups is 1. The summed E-state index contributed by atoms with van der Waals surface area (Å²) in [5, 5.41) is 14.9. The first kappa shape index (κ1) is 19.6. The first-order chi connectivity index (χ1) is 13.1. The number of benzene rings is 2. The summed E-state index contributed by atoms with van der Waals surface area (Å²) in [5.74, 6) is -2.51. The van der Waals surface area contributed by atoms with Gasteiger partial charge in [-0.2, -0.15) is 5.10 Å². The maximum absolute atomic E-state index is 11.7. The van der Waals surface area contributed by atoms with E-state index in [4.69, 9.17) is 9.84 Å². The maximum atomic E-state index is 11.7. The van der Waals surface area contributed by atoms with Crippen LogP contribution in [0.25, 0.3) is 0 Å². The summed E-state index contributed by atoms with van der Waals surface area (Å²) >= 11 is 0. The first-order valence-electron chi connectivity index (χ1n) is 8.15. The Bertz CT molecular complexity index is 821. The van der Waals surface area contributed by atoms with Gasteiger partial charge in [0.1, 0.15) is 5.75 Å². The molecule has 0 aliphatic carbocycles. The van der Waals surface area contributed by atoms with Crippen molar-refractivity contribution in [1.82, 2.24) is 10.7 Å². The molecule has 8 heteroatoms. The molecular formula is C19H19N3O5. The molecule has 140 valence electrons. The normalized spacial score (nSPS) is 10.4. The van der Waals surface area contributed by atoms with E-state index in [2.05, 4.69) is 15.8 Å². The number of ether oxygens (including phenoxy) is 1. The third-order valence-electron chi connectivity index (χ3n) is 3.39. The van der Waals surface area contributed by atoms with Crippen molar-refractivity contribution in [3.05, 3.63) is 65.7 Å². The van der Waals surface area contributed by atoms with Crippen molar-refractivity contribution in [3.63, 3.8) is 0 Å². The zero-order valence-corrected chi connectivity index (χ0v) is 14.4. The fourth-order valence-electron chi connectivity index (χ4n) is 2.11. The molecule has 0 radical (unpaired) electrons. The van der Waals surface area contributed by atoms with Gasteiger partial charge >= 0.3 is 17.8 Å². The Kier molecular flexibility index (Phi) is 7.52. The summed E-state index contributed by atoms with van der Waals surface area (Å²) in [7, 11) is 0. The van der Waals surface area contributed by atoms with Crippen LogP contribution in [0.3, 0.4) is 0 Å². The Morgan fingerprint density at radius 3 is 2.44 bits per heavy atom. The molecule has 0 heterocycles. The molecule has 0 spiro atoms. The van der Waals surface area contributed by atoms with E-state index in [0.29, 0.717) is 24.3 Å². The number of hydrogen-bond donors (Lipinski definition) is 3. The predicted molar refractivity (Wildman–Crippen MR) is 98.5 cm³/mol. The van der Waals surface area contributed by atoms with E-state index in [1.807, 2.05) is 30.3 Å². The smallest absolute Gasteiger partial charge is 0.341 e. The van der Waals surface area contributed by atoms with Gasteiger partial charge in [0.25, 0.3) is 0 Å². The van der Waals surface area contributed by atoms with E-state index in [9.17, 15) is 14.4 Å². The SMILES string of the molecule is O=C(O)COc1ccccc1/C=N\NC(=O)C(=O)NCCc1ccccc1. The topological polar surface area (TPSA) is 117 Å². The van der Waals surface area contributed by atoms with E-state index in [-0.39, 0.29) is 0 Å². The molecule has 0 atom stereocenters. The lowest BCUT2D eigenvalue weighted by molar-refractivity contribution is -0.139. The average Bonchev–Trinajstić information content (AvgIpc) is 2.67. The minimum atomic E-state index is -1.11. The Labute approximate surface area is 155 Å². The van der Waals surface area contributed by atoms with Gasteiger partial charge in [-0.3, -0.25) is 9.59 Å². The van der Waals surface area contributed by atoms with Gasteiger partial charge in [-0.25, -0.2) is 10.2 Å². The number of carboxylic acids is 1. The van der Waals surface area contributed by atoms with Crippen LogP contribution in [0.1, 0.15) is 11.1 Å². The number of nitrogens with one attached hydrogen (secondary N) is 2. The van der Waals surface area contributed by atoms with Crippen molar-refractivity contribution in [2.24, 2.45) is 5.10 Å². The number of carbonyl (C=O) groups is 3. The second-order valence-corrected chi connectivity index (χ2v) is 5.41. The number of amides is 2. The van der Waals surface area contributed by atoms with Gasteiger partial charge < -0.3 is 15.2 Å². The van der Waals surface area contributed by atoms with E-state index < -0.39 is 24.4 Å². The molecular weight excluding hydrogens is 350 g/mol. The molecule has 0 saturated heterocycles. The third kappa shape index (κ3) is 6.99. The lowest BCUT2D eigenvalue weighted by atomic mass is 10.1. The summed E-state index contributed by atoms with van der Waals surface area (Å²) in [5.41, 5.74) is 3.63. The lowest BCUT2D eigenvalue weighted by Gasteiger charge is -2.06. The summed E-state index contributed by atoms with van der Waals surface area (Å²) < 4.78 is 5.12. The number of para-hydroxylation sites is 1. The average molecular weight is 369 g/mol. The molecule has 2 aromatic rings. The van der Waals surface area contributed by atoms with E-state index in [1.165, 1.54) is 6.21 Å². The highest BCUT2D eigenvalue weighted by atomic mass is 16.5. The fourth-order valence-corrected chi connectivity index (χ4v) is 2.11. The van der Waals surface area contributed by atoms with E-state index in [1.54, 1.807) is 24.3 Å². The van der Waals surface area contributed by atoms with E-state index in [0.717, 1.165) is 5.56 Å². The van der Waals surface area contributed by atoms with Crippen LogP contribution in [-0.4, -0.2) is 42.3 Å². The molecule has 0 unspecified atom stereocenters. The first-order valence-corrected chi connectivity index (χ1v) is 8.15. The number of nitrogens with zero attached hydrogens (tertiary/aromatic N) is 1. The van der Waals surface area contributed by atoms with Crippen molar-refractivity contribution >= 4 is 24.0 Å². The Morgan fingerprint density at radius 1 is 1.00 bits per heavy atom.